The summed E-state index contributed by atoms with van der Waals surface area (Å²) in [5.41, 5.74) is 0. The maximum Gasteiger partial charge on any atom is 0.472 e. The maximum absolute atomic E-state index is 12.3. The average Bonchev–Trinajstić information content (AvgIpc) is 3.10. The summed E-state index contributed by atoms with van der Waals surface area (Å²) in [6.07, 6.45) is 34.1. The maximum atomic E-state index is 12.3. The van der Waals surface area contributed by atoms with Crippen LogP contribution in [-0.4, -0.2) is 65.7 Å². The minimum Gasteiger partial charge on any atom is -0.457 e. The number of carbonyl (C=O) groups is 2. The highest BCUT2D eigenvalue weighted by Gasteiger charge is 2.27. The van der Waals surface area contributed by atoms with Crippen LogP contribution < -0.4 is 0 Å². The molecular weight excluding hydrogens is 659 g/mol. The first kappa shape index (κ1) is 48.2. The van der Waals surface area contributed by atoms with Crippen LogP contribution in [0.3, 0.4) is 0 Å². The Kier molecular flexibility index (Phi) is 34.3. The Hall–Kier alpha value is -1.81. The van der Waals surface area contributed by atoms with Crippen molar-refractivity contribution in [3.63, 3.8) is 0 Å². The molecule has 0 saturated carbocycles. The largest absolute Gasteiger partial charge is 0.472 e. The number of aliphatic hydroxyl groups excluding tert-OH is 2. The van der Waals surface area contributed by atoms with Crippen LogP contribution in [0, 0.1) is 0 Å². The van der Waals surface area contributed by atoms with E-state index in [0.29, 0.717) is 12.8 Å². The van der Waals surface area contributed by atoms with Gasteiger partial charge >= 0.3 is 19.8 Å². The number of esters is 2. The number of carbonyl (C=O) groups excluding carboxylic acids is 2. The summed E-state index contributed by atoms with van der Waals surface area (Å²) in [5, 5.41) is 19.1. The molecule has 3 unspecified atom stereocenters. The molecule has 0 aromatic heterocycles. The second-order valence-electron chi connectivity index (χ2n) is 12.9. The van der Waals surface area contributed by atoms with Gasteiger partial charge in [0.05, 0.1) is 26.4 Å². The van der Waals surface area contributed by atoms with Crippen LogP contribution in [-0.2, 0) is 32.7 Å². The van der Waals surface area contributed by atoms with Crippen LogP contribution in [0.1, 0.15) is 162 Å². The smallest absolute Gasteiger partial charge is 0.457 e. The van der Waals surface area contributed by atoms with E-state index < -0.39 is 58.4 Å². The van der Waals surface area contributed by atoms with Gasteiger partial charge in [-0.15, -0.1) is 0 Å². The summed E-state index contributed by atoms with van der Waals surface area (Å²) < 4.78 is 32.4. The number of ether oxygens (including phenoxy) is 2. The Morgan fingerprint density at radius 2 is 0.920 bits per heavy atom. The lowest BCUT2D eigenvalue weighted by molar-refractivity contribution is -0.153. The predicted octanol–water partition coefficient (Wildman–Crippen LogP) is 9.61. The minimum absolute atomic E-state index is 0.180. The first-order chi connectivity index (χ1) is 24.3. The molecule has 50 heavy (non-hydrogen) atoms. The molecule has 0 spiro atoms. The van der Waals surface area contributed by atoms with E-state index in [4.69, 9.17) is 18.5 Å². The van der Waals surface area contributed by atoms with Gasteiger partial charge in [0.25, 0.3) is 0 Å². The topological polar surface area (TPSA) is 149 Å². The lowest BCUT2D eigenvalue weighted by Gasteiger charge is -2.20. The quantitative estimate of drug-likeness (QED) is 0.0246. The summed E-state index contributed by atoms with van der Waals surface area (Å²) in [7, 11) is -4.63. The Morgan fingerprint density at radius 3 is 1.34 bits per heavy atom. The minimum atomic E-state index is -4.63. The summed E-state index contributed by atoms with van der Waals surface area (Å²) in [6, 6.07) is 0. The molecule has 3 N–H and O–H groups in total. The molecule has 3 atom stereocenters. The molecule has 0 aromatic carbocycles. The van der Waals surface area contributed by atoms with Gasteiger partial charge in [-0.25, -0.2) is 4.57 Å². The molecule has 0 aliphatic carbocycles. The Balaban J connectivity index is 3.97. The highest BCUT2D eigenvalue weighted by Crippen LogP contribution is 2.43. The van der Waals surface area contributed by atoms with Crippen LogP contribution in [0.2, 0.25) is 0 Å². The number of aliphatic hydroxyl groups is 2. The van der Waals surface area contributed by atoms with Gasteiger partial charge in [0.1, 0.15) is 12.2 Å². The fraction of sp³-hybridized carbons (Fsp3) is 0.795. The number of phosphoric acid groups is 1. The monoisotopic (exact) mass is 730 g/mol. The standard InChI is InChI=1S/C39H71O10P/c1-3-5-7-9-11-13-15-16-17-18-19-20-21-23-25-27-29-31-39(43)49-37(33-41)35-47-50(44,45)46-34-36(32-40)48-38(42)30-28-26-24-22-14-12-10-8-6-4-2/h8,10-11,13,16-17,36-37,40-41H,3-7,9,12,14-15,18-35H2,1-2H3,(H,44,45)/b10-8-,13-11-,17-16-. The van der Waals surface area contributed by atoms with Crippen molar-refractivity contribution in [2.24, 2.45) is 0 Å². The SMILES string of the molecule is CCC/C=C\CCCCCCCC(=O)OC(CO)COP(=O)(O)OCC(CO)OC(=O)CCCCCCCCC/C=C\C/C=C\CCCCC. The highest BCUT2D eigenvalue weighted by molar-refractivity contribution is 7.47. The van der Waals surface area contributed by atoms with Crippen molar-refractivity contribution in [2.75, 3.05) is 26.4 Å². The summed E-state index contributed by atoms with van der Waals surface area (Å²) in [6.45, 7) is 2.08. The molecule has 10 nitrogen and oxygen atoms in total. The Labute approximate surface area is 303 Å². The average molecular weight is 731 g/mol. The van der Waals surface area contributed by atoms with Gasteiger partial charge in [0, 0.05) is 12.8 Å². The van der Waals surface area contributed by atoms with Crippen molar-refractivity contribution in [1.82, 2.24) is 0 Å². The molecule has 292 valence electrons. The Bertz CT molecular complexity index is 936. The van der Waals surface area contributed by atoms with E-state index in [1.807, 2.05) is 0 Å². The highest BCUT2D eigenvalue weighted by atomic mass is 31.2. The molecule has 0 fully saturated rings. The summed E-state index contributed by atoms with van der Waals surface area (Å²) in [5.74, 6) is -1.04. The predicted molar refractivity (Wildman–Crippen MR) is 201 cm³/mol. The molecule has 0 saturated heterocycles. The summed E-state index contributed by atoms with van der Waals surface area (Å²) in [4.78, 5) is 34.3. The normalized spacial score (nSPS) is 14.4. The molecule has 11 heteroatoms. The zero-order valence-electron chi connectivity index (χ0n) is 31.4. The fourth-order valence-corrected chi connectivity index (χ4v) is 5.81. The van der Waals surface area contributed by atoms with Crippen molar-refractivity contribution in [1.29, 1.82) is 0 Å². The molecule has 0 heterocycles. The molecule has 0 aliphatic heterocycles. The van der Waals surface area contributed by atoms with Gasteiger partial charge in [0.15, 0.2) is 0 Å². The van der Waals surface area contributed by atoms with Crippen LogP contribution in [0.4, 0.5) is 0 Å². The molecule has 0 bridgehead atoms. The van der Waals surface area contributed by atoms with E-state index in [0.717, 1.165) is 77.0 Å². The van der Waals surface area contributed by atoms with Crippen molar-refractivity contribution in [3.05, 3.63) is 36.5 Å². The van der Waals surface area contributed by atoms with Gasteiger partial charge in [-0.1, -0.05) is 121 Å². The number of allylic oxidation sites excluding steroid dienone is 6. The van der Waals surface area contributed by atoms with Crippen molar-refractivity contribution < 1.29 is 47.8 Å². The third-order valence-electron chi connectivity index (χ3n) is 8.06. The van der Waals surface area contributed by atoms with Gasteiger partial charge in [-0.3, -0.25) is 18.6 Å². The molecule has 0 aromatic rings. The number of hydrogen-bond donors (Lipinski definition) is 3. The Morgan fingerprint density at radius 1 is 0.540 bits per heavy atom. The van der Waals surface area contributed by atoms with Gasteiger partial charge in [-0.2, -0.15) is 0 Å². The first-order valence-electron chi connectivity index (χ1n) is 19.4. The van der Waals surface area contributed by atoms with Crippen molar-refractivity contribution in [2.45, 2.75) is 174 Å². The second-order valence-corrected chi connectivity index (χ2v) is 14.4. The van der Waals surface area contributed by atoms with E-state index in [-0.39, 0.29) is 12.8 Å². The third kappa shape index (κ3) is 33.3. The lowest BCUT2D eigenvalue weighted by Crippen LogP contribution is -2.28. The number of rotatable bonds is 36. The number of unbranched alkanes of at least 4 members (excludes halogenated alkanes) is 16. The number of phosphoric ester groups is 1. The molecular formula is C39H71O10P. The van der Waals surface area contributed by atoms with Gasteiger partial charge in [0.2, 0.25) is 0 Å². The van der Waals surface area contributed by atoms with Crippen LogP contribution >= 0.6 is 7.82 Å². The van der Waals surface area contributed by atoms with Crippen molar-refractivity contribution >= 4 is 19.8 Å². The van der Waals surface area contributed by atoms with Gasteiger partial charge in [-0.05, 0) is 64.2 Å². The van der Waals surface area contributed by atoms with E-state index in [1.165, 1.54) is 44.9 Å². The zero-order valence-corrected chi connectivity index (χ0v) is 32.3. The van der Waals surface area contributed by atoms with Crippen molar-refractivity contribution in [3.8, 4) is 0 Å². The molecule has 0 aliphatic rings. The summed E-state index contributed by atoms with van der Waals surface area (Å²) >= 11 is 0. The number of hydrogen-bond acceptors (Lipinski definition) is 9. The molecule has 0 radical (unpaired) electrons. The fourth-order valence-electron chi connectivity index (χ4n) is 5.03. The zero-order chi connectivity index (χ0) is 37.0. The second kappa shape index (κ2) is 35.6. The lowest BCUT2D eigenvalue weighted by atomic mass is 10.1. The first-order valence-corrected chi connectivity index (χ1v) is 20.9. The third-order valence-corrected chi connectivity index (χ3v) is 9.01. The van der Waals surface area contributed by atoms with E-state index in [9.17, 15) is 29.3 Å². The van der Waals surface area contributed by atoms with Crippen LogP contribution in [0.5, 0.6) is 0 Å². The molecule has 0 rings (SSSR count). The van der Waals surface area contributed by atoms with E-state index >= 15 is 0 Å². The molecule has 0 amide bonds. The van der Waals surface area contributed by atoms with E-state index in [2.05, 4.69) is 50.3 Å². The van der Waals surface area contributed by atoms with Gasteiger partial charge < -0.3 is 24.6 Å². The van der Waals surface area contributed by atoms with E-state index in [1.54, 1.807) is 0 Å². The van der Waals surface area contributed by atoms with Crippen LogP contribution in [0.15, 0.2) is 36.5 Å². The van der Waals surface area contributed by atoms with Crippen LogP contribution in [0.25, 0.3) is 0 Å².